The lowest BCUT2D eigenvalue weighted by Gasteiger charge is -2.32. The molecule has 0 atom stereocenters. The molecule has 0 unspecified atom stereocenters. The number of carbonyl (C=O) groups excluding carboxylic acids is 3. The maximum absolute atomic E-state index is 13.7. The third kappa shape index (κ3) is 7.33. The molecule has 0 aromatic carbocycles. The van der Waals surface area contributed by atoms with Crippen molar-refractivity contribution in [1.29, 1.82) is 0 Å². The van der Waals surface area contributed by atoms with Gasteiger partial charge in [0.15, 0.2) is 0 Å². The number of likely N-dealkylation sites (N-methyl/N-ethyl adjacent to an activating group) is 1. The van der Waals surface area contributed by atoms with Crippen LogP contribution in [0.5, 0.6) is 0 Å². The van der Waals surface area contributed by atoms with Gasteiger partial charge in [-0.25, -0.2) is 4.79 Å². The van der Waals surface area contributed by atoms with E-state index in [1.165, 1.54) is 23.3 Å². The first-order valence-corrected chi connectivity index (χ1v) is 12.7. The van der Waals surface area contributed by atoms with Crippen LogP contribution in [0.1, 0.15) is 81.8 Å². The molecule has 0 bridgehead atoms. The number of carbonyl (C=O) groups is 3. The predicted molar refractivity (Wildman–Crippen MR) is 133 cm³/mol. The summed E-state index contributed by atoms with van der Waals surface area (Å²) in [7, 11) is 1.32. The number of esters is 1. The molecule has 182 valence electrons. The number of ether oxygens (including phenoxy) is 1. The molecule has 1 heterocycles. The summed E-state index contributed by atoms with van der Waals surface area (Å²) in [6, 6.07) is 1.76. The first-order chi connectivity index (χ1) is 15.5. The quantitative estimate of drug-likeness (QED) is 0.414. The highest BCUT2D eigenvalue weighted by molar-refractivity contribution is 7.15. The minimum Gasteiger partial charge on any atom is -0.465 e. The maximum atomic E-state index is 13.7. The van der Waals surface area contributed by atoms with E-state index in [-0.39, 0.29) is 29.7 Å². The van der Waals surface area contributed by atoms with E-state index in [9.17, 15) is 14.4 Å². The molecule has 6 nitrogen and oxygen atoms in total. The second kappa shape index (κ2) is 11.7. The molecule has 2 amide bonds. The van der Waals surface area contributed by atoms with Crippen molar-refractivity contribution in [2.75, 3.05) is 31.6 Å². The van der Waals surface area contributed by atoms with Crippen LogP contribution in [0.15, 0.2) is 6.07 Å². The Labute approximate surface area is 202 Å². The lowest BCUT2D eigenvalue weighted by atomic mass is 9.82. The number of hydrogen-bond donors (Lipinski definition) is 0. The van der Waals surface area contributed by atoms with Gasteiger partial charge in [0.2, 0.25) is 11.8 Å². The Morgan fingerprint density at radius 2 is 1.73 bits per heavy atom. The van der Waals surface area contributed by atoms with Crippen molar-refractivity contribution in [3.05, 3.63) is 15.8 Å². The molecular formula is C26H38N2O4S. The van der Waals surface area contributed by atoms with Gasteiger partial charge in [-0.15, -0.1) is 11.3 Å². The van der Waals surface area contributed by atoms with Gasteiger partial charge in [-0.05, 0) is 72.3 Å². The molecule has 1 aliphatic carbocycles. The van der Waals surface area contributed by atoms with Gasteiger partial charge in [0, 0.05) is 24.4 Å². The average Bonchev–Trinajstić information content (AvgIpc) is 3.20. The van der Waals surface area contributed by atoms with Crippen LogP contribution < -0.4 is 4.90 Å². The summed E-state index contributed by atoms with van der Waals surface area (Å²) in [4.78, 5) is 43.6. The fourth-order valence-corrected chi connectivity index (χ4v) is 4.89. The van der Waals surface area contributed by atoms with E-state index in [1.54, 1.807) is 11.0 Å². The molecule has 0 N–H and O–H groups in total. The molecule has 1 aromatic rings. The van der Waals surface area contributed by atoms with Gasteiger partial charge in [-0.2, -0.15) is 0 Å². The van der Waals surface area contributed by atoms with Gasteiger partial charge in [-0.1, -0.05) is 18.8 Å². The SMILES string of the molecule is CCN(CC)C(=O)CN(c1cc(C#CC(C)(C)C)sc1C(=O)OC)C(=O)[C@H]1CC[C@H](C)CC1. The first-order valence-electron chi connectivity index (χ1n) is 11.8. The van der Waals surface area contributed by atoms with Crippen molar-refractivity contribution in [2.24, 2.45) is 17.3 Å². The van der Waals surface area contributed by atoms with Gasteiger partial charge in [-0.3, -0.25) is 9.59 Å². The highest BCUT2D eigenvalue weighted by Gasteiger charge is 2.34. The number of anilines is 1. The molecule has 0 saturated heterocycles. The molecule has 1 saturated carbocycles. The predicted octanol–water partition coefficient (Wildman–Crippen LogP) is 4.96. The normalized spacial score (nSPS) is 18.2. The minimum absolute atomic E-state index is 0.0966. The topological polar surface area (TPSA) is 66.9 Å². The van der Waals surface area contributed by atoms with E-state index in [0.29, 0.717) is 34.4 Å². The van der Waals surface area contributed by atoms with Gasteiger partial charge in [0.1, 0.15) is 11.4 Å². The molecule has 2 rings (SSSR count). The van der Waals surface area contributed by atoms with Crippen LogP contribution in [0.4, 0.5) is 5.69 Å². The van der Waals surface area contributed by atoms with Gasteiger partial charge >= 0.3 is 5.97 Å². The van der Waals surface area contributed by atoms with E-state index < -0.39 is 5.97 Å². The highest BCUT2D eigenvalue weighted by atomic mass is 32.1. The van der Waals surface area contributed by atoms with E-state index in [1.807, 2.05) is 34.6 Å². The molecule has 33 heavy (non-hydrogen) atoms. The zero-order valence-electron chi connectivity index (χ0n) is 21.1. The van der Waals surface area contributed by atoms with E-state index in [0.717, 1.165) is 25.7 Å². The fourth-order valence-electron chi connectivity index (χ4n) is 3.95. The Kier molecular flexibility index (Phi) is 9.54. The zero-order valence-corrected chi connectivity index (χ0v) is 21.9. The van der Waals surface area contributed by atoms with Gasteiger partial charge in [0.25, 0.3) is 0 Å². The number of amides is 2. The Balaban J connectivity index is 2.52. The number of nitrogens with zero attached hydrogens (tertiary/aromatic N) is 2. The third-order valence-electron chi connectivity index (χ3n) is 5.98. The summed E-state index contributed by atoms with van der Waals surface area (Å²) in [6.45, 7) is 13.1. The van der Waals surface area contributed by atoms with Crippen LogP contribution in [0.25, 0.3) is 0 Å². The lowest BCUT2D eigenvalue weighted by Crippen LogP contribution is -2.46. The van der Waals surface area contributed by atoms with Crippen molar-refractivity contribution in [2.45, 2.75) is 67.2 Å². The molecule has 1 aromatic heterocycles. The van der Waals surface area contributed by atoms with Gasteiger partial charge in [0.05, 0.1) is 17.7 Å². The minimum atomic E-state index is -0.524. The summed E-state index contributed by atoms with van der Waals surface area (Å²) >= 11 is 1.21. The average molecular weight is 475 g/mol. The van der Waals surface area contributed by atoms with E-state index >= 15 is 0 Å². The molecular weight excluding hydrogens is 436 g/mol. The monoisotopic (exact) mass is 474 g/mol. The van der Waals surface area contributed by atoms with Crippen molar-refractivity contribution in [1.82, 2.24) is 4.90 Å². The summed E-state index contributed by atoms with van der Waals surface area (Å²) in [5.41, 5.74) is 0.219. The van der Waals surface area contributed by atoms with Crippen molar-refractivity contribution in [3.63, 3.8) is 0 Å². The lowest BCUT2D eigenvalue weighted by molar-refractivity contribution is -0.132. The van der Waals surface area contributed by atoms with Gasteiger partial charge < -0.3 is 14.5 Å². The van der Waals surface area contributed by atoms with Crippen LogP contribution in [-0.2, 0) is 14.3 Å². The molecule has 7 heteroatoms. The zero-order chi connectivity index (χ0) is 24.8. The van der Waals surface area contributed by atoms with Crippen molar-refractivity contribution in [3.8, 4) is 11.8 Å². The largest absolute Gasteiger partial charge is 0.465 e. The third-order valence-corrected chi connectivity index (χ3v) is 7.00. The molecule has 1 fully saturated rings. The molecule has 0 spiro atoms. The first kappa shape index (κ1) is 26.9. The Hall–Kier alpha value is -2.33. The molecule has 0 aliphatic heterocycles. The summed E-state index contributed by atoms with van der Waals surface area (Å²) in [6.07, 6.45) is 3.57. The van der Waals surface area contributed by atoms with Crippen LogP contribution in [0, 0.1) is 29.1 Å². The maximum Gasteiger partial charge on any atom is 0.350 e. The number of hydrogen-bond acceptors (Lipinski definition) is 5. The standard InChI is InChI=1S/C26H38N2O4S/c1-8-27(9-2)22(29)17-28(24(30)19-12-10-18(3)11-13-19)21-16-20(14-15-26(4,5)6)33-23(21)25(31)32-7/h16,18-19H,8-13,17H2,1-7H3/t18-,19-. The summed E-state index contributed by atoms with van der Waals surface area (Å²) < 4.78 is 5.01. The molecule has 1 aliphatic rings. The van der Waals surface area contributed by atoms with Crippen LogP contribution in [0.3, 0.4) is 0 Å². The second-order valence-electron chi connectivity index (χ2n) is 9.76. The Bertz CT molecular complexity index is 907. The van der Waals surface area contributed by atoms with Crippen molar-refractivity contribution < 1.29 is 19.1 Å². The second-order valence-corrected chi connectivity index (χ2v) is 10.8. The molecule has 0 radical (unpaired) electrons. The van der Waals surface area contributed by atoms with E-state index in [4.69, 9.17) is 4.74 Å². The van der Waals surface area contributed by atoms with E-state index in [2.05, 4.69) is 18.8 Å². The van der Waals surface area contributed by atoms with Crippen LogP contribution in [-0.4, -0.2) is 49.4 Å². The van der Waals surface area contributed by atoms with Crippen molar-refractivity contribution >= 4 is 34.8 Å². The van der Waals surface area contributed by atoms with Crippen LogP contribution in [0.2, 0.25) is 0 Å². The highest BCUT2D eigenvalue weighted by Crippen LogP contribution is 2.35. The van der Waals surface area contributed by atoms with Crippen LogP contribution >= 0.6 is 11.3 Å². The Morgan fingerprint density at radius 1 is 1.12 bits per heavy atom. The number of thiophene rings is 1. The summed E-state index contributed by atoms with van der Waals surface area (Å²) in [5.74, 6) is 6.00. The summed E-state index contributed by atoms with van der Waals surface area (Å²) in [5, 5.41) is 0. The smallest absolute Gasteiger partial charge is 0.350 e. The number of rotatable bonds is 7. The number of methoxy groups -OCH3 is 1. The fraction of sp³-hybridized carbons (Fsp3) is 0.654. The Morgan fingerprint density at radius 3 is 2.24 bits per heavy atom.